The van der Waals surface area contributed by atoms with E-state index in [0.29, 0.717) is 22.5 Å². The molecule has 2 aromatic heterocycles. The number of nitrogens with one attached hydrogen (secondary N) is 2. The van der Waals surface area contributed by atoms with E-state index in [-0.39, 0.29) is 75.3 Å². The van der Waals surface area contributed by atoms with Gasteiger partial charge >= 0.3 is 36.1 Å². The average Bonchev–Trinajstić information content (AvgIpc) is 1.72. The van der Waals surface area contributed by atoms with E-state index in [9.17, 15) is 38.4 Å². The zero-order valence-electron chi connectivity index (χ0n) is 54.6. The zero-order chi connectivity index (χ0) is 66.8. The first-order valence-electron chi connectivity index (χ1n) is 30.2. The standard InChI is InChI=1S/C64H90N10O16/c1-37(2)25-49-59(79)87-41(9)55(75)69(11)52(28-40(7)8)62(82)90-54(30-44-19-23-46(24-20-44)34-74-36-48(32-66-74)68-64(84)86-16)58(78)72(14)50(26-38(3)4)60(80)88-42(10)56(76)70(12)51(27-39(5)6)61(81)89-53(57(77)71(49)13)29-43-17-21-45(22-18-43)33-73-35-47(31-65-73)67-63(83)85-15/h17-24,31-32,35-42,49-54H,25-30,33-34H2,1-16H3,(H,67,83)(H,68,84)/t41-,42-,49+,50+,51+,52+,53-,54-/m1/s1. The topological polar surface area (TPSA) is 299 Å². The molecule has 0 radical (unpaired) electrons. The van der Waals surface area contributed by atoms with Gasteiger partial charge in [-0.15, -0.1) is 0 Å². The largest absolute Gasteiger partial charge is 0.453 e. The molecule has 492 valence electrons. The van der Waals surface area contributed by atoms with Crippen molar-refractivity contribution in [3.8, 4) is 0 Å². The maximum atomic E-state index is 15.1. The van der Waals surface area contributed by atoms with Gasteiger partial charge in [0.05, 0.1) is 51.1 Å². The van der Waals surface area contributed by atoms with Gasteiger partial charge in [0.15, 0.2) is 24.4 Å². The number of carbonyl (C=O) groups is 10. The van der Waals surface area contributed by atoms with Crippen LogP contribution < -0.4 is 10.6 Å². The van der Waals surface area contributed by atoms with E-state index in [1.807, 2.05) is 55.4 Å². The number of benzene rings is 2. The van der Waals surface area contributed by atoms with Gasteiger partial charge in [-0.05, 0) is 85.5 Å². The highest BCUT2D eigenvalue weighted by Crippen LogP contribution is 2.25. The molecule has 1 fully saturated rings. The molecule has 0 unspecified atom stereocenters. The zero-order valence-corrected chi connectivity index (χ0v) is 54.6. The first-order chi connectivity index (χ1) is 42.4. The summed E-state index contributed by atoms with van der Waals surface area (Å²) in [6, 6.07) is 8.70. The first-order valence-corrected chi connectivity index (χ1v) is 30.2. The van der Waals surface area contributed by atoms with Crippen LogP contribution in [0.3, 0.4) is 0 Å². The van der Waals surface area contributed by atoms with Gasteiger partial charge in [0.1, 0.15) is 24.2 Å². The molecule has 1 saturated heterocycles. The predicted molar refractivity (Wildman–Crippen MR) is 330 cm³/mol. The quantitative estimate of drug-likeness (QED) is 0.0792. The molecule has 2 N–H and O–H groups in total. The third-order valence-corrected chi connectivity index (χ3v) is 15.2. The number of hydrogen-bond donors (Lipinski definition) is 2. The van der Waals surface area contributed by atoms with Crippen molar-refractivity contribution in [2.75, 3.05) is 53.0 Å². The minimum atomic E-state index is -1.60. The smallest absolute Gasteiger partial charge is 0.411 e. The Bertz CT molecular complexity index is 2900. The van der Waals surface area contributed by atoms with Crippen molar-refractivity contribution in [1.82, 2.24) is 39.2 Å². The summed E-state index contributed by atoms with van der Waals surface area (Å²) in [5.74, 6) is -7.98. The van der Waals surface area contributed by atoms with Crippen molar-refractivity contribution in [2.45, 2.75) is 169 Å². The lowest BCUT2D eigenvalue weighted by Gasteiger charge is -2.35. The van der Waals surface area contributed by atoms with Crippen molar-refractivity contribution in [3.05, 3.63) is 95.6 Å². The summed E-state index contributed by atoms with van der Waals surface area (Å²) in [7, 11) is 7.92. The highest BCUT2D eigenvalue weighted by molar-refractivity contribution is 5.94. The third-order valence-electron chi connectivity index (χ3n) is 15.2. The number of rotatable bonds is 18. The third kappa shape index (κ3) is 20.6. The van der Waals surface area contributed by atoms with Crippen LogP contribution in [0.1, 0.15) is 117 Å². The fourth-order valence-electron chi connectivity index (χ4n) is 10.2. The SMILES string of the molecule is COC(=O)Nc1cnn(Cc2ccc(C[C@H]3OC(=O)[C@H](CC(C)C)N(C)C(=O)[C@@H](C)OC(=O)[C@H](CC(C)C)N(C)C(=O)[C@@H](Cc4ccc(Cn5cc(NC(=O)OC)cn5)cc4)OC(=O)[C@H](CC(C)C)N(C)C(=O)[C@@H](C)OC(=O)[C@H](CC(C)C)N(C)C3=O)cc2)c1. The van der Waals surface area contributed by atoms with Crippen LogP contribution in [0.2, 0.25) is 0 Å². The maximum Gasteiger partial charge on any atom is 0.411 e. The number of hydrogen-bond acceptors (Lipinski definition) is 18. The number of amides is 6. The normalized spacial score (nSPS) is 21.7. The van der Waals surface area contributed by atoms with E-state index >= 15 is 9.59 Å². The molecule has 90 heavy (non-hydrogen) atoms. The number of nitrogens with zero attached hydrogens (tertiary/aromatic N) is 8. The van der Waals surface area contributed by atoms with Gasteiger partial charge in [-0.2, -0.15) is 10.2 Å². The van der Waals surface area contributed by atoms with Gasteiger partial charge < -0.3 is 48.0 Å². The molecular formula is C64H90N10O16. The molecule has 4 aromatic rings. The molecule has 0 spiro atoms. The molecule has 0 bridgehead atoms. The van der Waals surface area contributed by atoms with E-state index < -0.39 is 108 Å². The Labute approximate surface area is 526 Å². The second-order valence-electron chi connectivity index (χ2n) is 24.5. The summed E-state index contributed by atoms with van der Waals surface area (Å²) in [6.45, 7) is 17.8. The summed E-state index contributed by atoms with van der Waals surface area (Å²) in [6.07, 6.45) is -1.70. The van der Waals surface area contributed by atoms with Crippen molar-refractivity contribution in [2.24, 2.45) is 23.7 Å². The molecule has 26 nitrogen and oxygen atoms in total. The Hall–Kier alpha value is -8.84. The average molecular weight is 1260 g/mol. The van der Waals surface area contributed by atoms with Crippen LogP contribution in [0.15, 0.2) is 73.3 Å². The molecule has 26 heteroatoms. The Morgan fingerprint density at radius 1 is 0.444 bits per heavy atom. The molecule has 1 aliphatic rings. The summed E-state index contributed by atoms with van der Waals surface area (Å²) in [5.41, 5.74) is 3.46. The van der Waals surface area contributed by atoms with Crippen LogP contribution in [0.5, 0.6) is 0 Å². The number of carbonyl (C=O) groups excluding carboxylic acids is 10. The number of cyclic esters (lactones) is 4. The van der Waals surface area contributed by atoms with Crippen LogP contribution in [0.4, 0.5) is 21.0 Å². The van der Waals surface area contributed by atoms with E-state index in [2.05, 4.69) is 30.3 Å². The molecule has 6 amide bonds. The second kappa shape index (κ2) is 33.1. The molecule has 3 heterocycles. The molecular weight excluding hydrogens is 1160 g/mol. The number of anilines is 2. The van der Waals surface area contributed by atoms with Gasteiger partial charge in [-0.3, -0.25) is 39.2 Å². The van der Waals surface area contributed by atoms with E-state index in [0.717, 1.165) is 30.7 Å². The number of ether oxygens (including phenoxy) is 6. The van der Waals surface area contributed by atoms with Crippen LogP contribution >= 0.6 is 0 Å². The fraction of sp³-hybridized carbons (Fsp3) is 0.562. The van der Waals surface area contributed by atoms with Crippen molar-refractivity contribution < 1.29 is 76.4 Å². The van der Waals surface area contributed by atoms with Gasteiger partial charge in [0.25, 0.3) is 23.6 Å². The minimum absolute atomic E-state index is 0.0373. The minimum Gasteiger partial charge on any atom is -0.453 e. The van der Waals surface area contributed by atoms with Crippen molar-refractivity contribution in [3.63, 3.8) is 0 Å². The van der Waals surface area contributed by atoms with E-state index in [1.54, 1.807) is 70.3 Å². The van der Waals surface area contributed by atoms with Gasteiger partial charge in [0, 0.05) is 53.4 Å². The number of aromatic nitrogens is 4. The van der Waals surface area contributed by atoms with Crippen LogP contribution in [-0.2, 0) is 92.7 Å². The summed E-state index contributed by atoms with van der Waals surface area (Å²) >= 11 is 0. The lowest BCUT2D eigenvalue weighted by Crippen LogP contribution is -2.55. The molecule has 0 aliphatic carbocycles. The van der Waals surface area contributed by atoms with Gasteiger partial charge in [0.2, 0.25) is 0 Å². The maximum absolute atomic E-state index is 15.1. The molecule has 1 aliphatic heterocycles. The molecule has 5 rings (SSSR count). The van der Waals surface area contributed by atoms with Crippen LogP contribution in [0.25, 0.3) is 0 Å². The Balaban J connectivity index is 1.56. The highest BCUT2D eigenvalue weighted by Gasteiger charge is 2.43. The fourth-order valence-corrected chi connectivity index (χ4v) is 10.2. The number of methoxy groups -OCH3 is 2. The van der Waals surface area contributed by atoms with Crippen LogP contribution in [-0.4, -0.2) is 190 Å². The predicted octanol–water partition coefficient (Wildman–Crippen LogP) is 6.51. The Morgan fingerprint density at radius 2 is 0.711 bits per heavy atom. The lowest BCUT2D eigenvalue weighted by atomic mass is 9.99. The van der Waals surface area contributed by atoms with Crippen molar-refractivity contribution in [1.29, 1.82) is 0 Å². The van der Waals surface area contributed by atoms with Crippen LogP contribution in [0, 0.1) is 23.7 Å². The number of esters is 4. The Kier molecular flexibility index (Phi) is 26.5. The van der Waals surface area contributed by atoms with Gasteiger partial charge in [-0.1, -0.05) is 104 Å². The summed E-state index contributed by atoms with van der Waals surface area (Å²) in [4.78, 5) is 146. The lowest BCUT2D eigenvalue weighted by molar-refractivity contribution is -0.176. The van der Waals surface area contributed by atoms with E-state index in [4.69, 9.17) is 18.9 Å². The molecule has 2 aromatic carbocycles. The Morgan fingerprint density at radius 3 is 0.989 bits per heavy atom. The second-order valence-corrected chi connectivity index (χ2v) is 24.5. The number of likely N-dealkylation sites (N-methyl/N-ethyl adjacent to an activating group) is 4. The van der Waals surface area contributed by atoms with Gasteiger partial charge in [-0.25, -0.2) is 28.8 Å². The summed E-state index contributed by atoms with van der Waals surface area (Å²) in [5, 5.41) is 13.7. The monoisotopic (exact) mass is 1250 g/mol. The molecule has 8 atom stereocenters. The summed E-state index contributed by atoms with van der Waals surface area (Å²) < 4.78 is 36.7. The molecule has 0 saturated carbocycles. The first kappa shape index (κ1) is 71.9. The van der Waals surface area contributed by atoms with Crippen molar-refractivity contribution >= 4 is 71.1 Å². The highest BCUT2D eigenvalue weighted by atomic mass is 16.6. The van der Waals surface area contributed by atoms with E-state index in [1.165, 1.54) is 68.7 Å².